The fourth-order valence-electron chi connectivity index (χ4n) is 3.21. The molecule has 0 bridgehead atoms. The van der Waals surface area contributed by atoms with Gasteiger partial charge in [-0.3, -0.25) is 13.6 Å². The summed E-state index contributed by atoms with van der Waals surface area (Å²) in [6.07, 6.45) is 8.69. The Morgan fingerprint density at radius 3 is 2.03 bits per heavy atom. The van der Waals surface area contributed by atoms with E-state index < -0.39 is 0 Å². The van der Waals surface area contributed by atoms with Gasteiger partial charge < -0.3 is 4.98 Å². The Hall–Kier alpha value is -4.51. The lowest BCUT2D eigenvalue weighted by Crippen LogP contribution is -2.06. The van der Waals surface area contributed by atoms with Gasteiger partial charge in [-0.25, -0.2) is 33.7 Å². The monoisotopic (exact) mass is 478 g/mol. The first kappa shape index (κ1) is 21.3. The summed E-state index contributed by atoms with van der Waals surface area (Å²) in [4.78, 5) is 34.2. The second-order valence-corrected chi connectivity index (χ2v) is 7.31. The number of hydrogen-bond donors (Lipinski definition) is 1. The molecule has 9 nitrogen and oxygen atoms in total. The van der Waals surface area contributed by atoms with Crippen molar-refractivity contribution in [1.29, 1.82) is 0 Å². The SMILES string of the molecule is Fc1ccc2ncc(-c3nccc(Cl)n3)n2c1.O=c1ccnc(-c2cnc3ccc(F)cn23)[nH]1. The molecule has 0 aromatic carbocycles. The van der Waals surface area contributed by atoms with Crippen LogP contribution in [0.3, 0.4) is 0 Å². The zero-order chi connectivity index (χ0) is 23.7. The van der Waals surface area contributed by atoms with Gasteiger partial charge in [0, 0.05) is 30.9 Å². The molecule has 168 valence electrons. The summed E-state index contributed by atoms with van der Waals surface area (Å²) in [5.74, 6) is 0.0417. The first-order chi connectivity index (χ1) is 16.5. The van der Waals surface area contributed by atoms with Gasteiger partial charge in [-0.2, -0.15) is 0 Å². The molecule has 0 fully saturated rings. The molecule has 0 radical (unpaired) electrons. The zero-order valence-electron chi connectivity index (χ0n) is 17.1. The standard InChI is InChI=1S/C11H6ClFN4.C11H7FN4O/c12-9-3-4-14-11(16-9)8-5-15-10-2-1-7(13)6-17(8)10;12-7-1-2-9-14-5-8(16(9)6-7)11-13-4-3-10(17)15-11/h1-6H;1-6H,(H,13,15,17). The number of nitrogens with zero attached hydrogens (tertiary/aromatic N) is 7. The molecule has 0 aliphatic rings. The number of H-pyrrole nitrogens is 1. The lowest BCUT2D eigenvalue weighted by molar-refractivity contribution is 0.619. The summed E-state index contributed by atoms with van der Waals surface area (Å²) < 4.78 is 29.4. The molecule has 34 heavy (non-hydrogen) atoms. The maximum atomic E-state index is 13.2. The Balaban J connectivity index is 0.000000142. The molecule has 6 aromatic rings. The normalized spacial score (nSPS) is 10.9. The minimum Gasteiger partial charge on any atom is -0.305 e. The Morgan fingerprint density at radius 2 is 1.38 bits per heavy atom. The van der Waals surface area contributed by atoms with E-state index in [2.05, 4.69) is 29.9 Å². The number of halogens is 3. The van der Waals surface area contributed by atoms with Crippen LogP contribution in [0.4, 0.5) is 8.78 Å². The first-order valence-electron chi connectivity index (χ1n) is 9.78. The van der Waals surface area contributed by atoms with E-state index in [1.807, 2.05) is 0 Å². The quantitative estimate of drug-likeness (QED) is 0.379. The third-order valence-corrected chi connectivity index (χ3v) is 4.91. The second kappa shape index (κ2) is 8.79. The third kappa shape index (κ3) is 4.24. The molecule has 1 N–H and O–H groups in total. The molecule has 6 rings (SSSR count). The fraction of sp³-hybridized carbons (Fsp3) is 0. The molecule has 0 unspecified atom stereocenters. The van der Waals surface area contributed by atoms with Crippen LogP contribution in [0.2, 0.25) is 5.15 Å². The van der Waals surface area contributed by atoms with E-state index in [4.69, 9.17) is 11.6 Å². The van der Waals surface area contributed by atoms with Crippen molar-refractivity contribution in [3.05, 3.63) is 101 Å². The predicted molar refractivity (Wildman–Crippen MR) is 120 cm³/mol. The average molecular weight is 479 g/mol. The Bertz CT molecular complexity index is 1690. The number of hydrogen-bond acceptors (Lipinski definition) is 6. The van der Waals surface area contributed by atoms with Gasteiger partial charge in [-0.1, -0.05) is 11.6 Å². The molecular weight excluding hydrogens is 466 g/mol. The molecule has 6 aromatic heterocycles. The number of rotatable bonds is 2. The van der Waals surface area contributed by atoms with Crippen LogP contribution in [-0.2, 0) is 0 Å². The Kier molecular flexibility index (Phi) is 5.52. The van der Waals surface area contributed by atoms with Crippen LogP contribution in [-0.4, -0.2) is 38.7 Å². The highest BCUT2D eigenvalue weighted by Gasteiger charge is 2.10. The molecule has 0 aliphatic carbocycles. The van der Waals surface area contributed by atoms with Crippen LogP contribution in [0.5, 0.6) is 0 Å². The average Bonchev–Trinajstić information content (AvgIpc) is 3.43. The summed E-state index contributed by atoms with van der Waals surface area (Å²) in [6.45, 7) is 0. The number of aromatic nitrogens is 8. The summed E-state index contributed by atoms with van der Waals surface area (Å²) in [5, 5.41) is 0.335. The van der Waals surface area contributed by atoms with Gasteiger partial charge in [0.2, 0.25) is 0 Å². The van der Waals surface area contributed by atoms with E-state index in [0.29, 0.717) is 39.5 Å². The van der Waals surface area contributed by atoms with Crippen molar-refractivity contribution in [3.63, 3.8) is 0 Å². The van der Waals surface area contributed by atoms with Gasteiger partial charge in [0.1, 0.15) is 39.5 Å². The van der Waals surface area contributed by atoms with Crippen molar-refractivity contribution >= 4 is 22.9 Å². The van der Waals surface area contributed by atoms with Gasteiger partial charge in [-0.05, 0) is 30.3 Å². The van der Waals surface area contributed by atoms with Gasteiger partial charge in [-0.15, -0.1) is 0 Å². The maximum absolute atomic E-state index is 13.2. The minimum atomic E-state index is -0.380. The van der Waals surface area contributed by atoms with Crippen LogP contribution in [0, 0.1) is 11.6 Å². The molecule has 0 amide bonds. The number of pyridine rings is 2. The number of fused-ring (bicyclic) bond motifs is 2. The van der Waals surface area contributed by atoms with Crippen molar-refractivity contribution < 1.29 is 8.78 Å². The summed E-state index contributed by atoms with van der Waals surface area (Å²) in [7, 11) is 0. The van der Waals surface area contributed by atoms with E-state index in [1.165, 1.54) is 47.4 Å². The van der Waals surface area contributed by atoms with Gasteiger partial charge >= 0.3 is 0 Å². The van der Waals surface area contributed by atoms with Crippen LogP contribution in [0.15, 0.2) is 78.4 Å². The van der Waals surface area contributed by atoms with Crippen molar-refractivity contribution in [2.75, 3.05) is 0 Å². The van der Waals surface area contributed by atoms with Crippen molar-refractivity contribution in [3.8, 4) is 23.0 Å². The summed E-state index contributed by atoms with van der Waals surface area (Å²) in [5.41, 5.74) is 2.10. The summed E-state index contributed by atoms with van der Waals surface area (Å²) in [6, 6.07) is 8.71. The van der Waals surface area contributed by atoms with Crippen molar-refractivity contribution in [2.24, 2.45) is 0 Å². The molecule has 0 saturated carbocycles. The third-order valence-electron chi connectivity index (χ3n) is 4.70. The highest BCUT2D eigenvalue weighted by molar-refractivity contribution is 6.29. The fourth-order valence-corrected chi connectivity index (χ4v) is 3.35. The molecule has 0 saturated heterocycles. The van der Waals surface area contributed by atoms with Gasteiger partial charge in [0.05, 0.1) is 12.4 Å². The number of imidazole rings is 2. The minimum absolute atomic E-state index is 0.263. The molecular formula is C22H13ClF2N8O. The predicted octanol–water partition coefficient (Wildman–Crippen LogP) is 3.81. The van der Waals surface area contributed by atoms with Crippen molar-refractivity contribution in [2.45, 2.75) is 0 Å². The lowest BCUT2D eigenvalue weighted by atomic mass is 10.4. The summed E-state index contributed by atoms with van der Waals surface area (Å²) >= 11 is 5.79. The highest BCUT2D eigenvalue weighted by Crippen LogP contribution is 2.19. The highest BCUT2D eigenvalue weighted by atomic mass is 35.5. The Morgan fingerprint density at radius 1 is 0.765 bits per heavy atom. The van der Waals surface area contributed by atoms with Crippen LogP contribution in [0.25, 0.3) is 34.3 Å². The molecule has 0 aliphatic heterocycles. The number of aromatic amines is 1. The van der Waals surface area contributed by atoms with Crippen LogP contribution >= 0.6 is 11.6 Å². The largest absolute Gasteiger partial charge is 0.305 e. The molecule has 12 heteroatoms. The van der Waals surface area contributed by atoms with Gasteiger partial charge in [0.15, 0.2) is 11.6 Å². The van der Waals surface area contributed by atoms with Crippen molar-refractivity contribution in [1.82, 2.24) is 38.7 Å². The first-order valence-corrected chi connectivity index (χ1v) is 10.2. The molecule has 0 spiro atoms. The van der Waals surface area contributed by atoms with Crippen LogP contribution in [0.1, 0.15) is 0 Å². The molecule has 0 atom stereocenters. The topological polar surface area (TPSA) is 106 Å². The lowest BCUT2D eigenvalue weighted by Gasteiger charge is -2.00. The van der Waals surface area contributed by atoms with E-state index >= 15 is 0 Å². The van der Waals surface area contributed by atoms with E-state index in [9.17, 15) is 13.6 Å². The second-order valence-electron chi connectivity index (χ2n) is 6.92. The van der Waals surface area contributed by atoms with E-state index in [-0.39, 0.29) is 17.2 Å². The van der Waals surface area contributed by atoms with Gasteiger partial charge in [0.25, 0.3) is 5.56 Å². The Labute approximate surface area is 194 Å². The van der Waals surface area contributed by atoms with E-state index in [0.717, 1.165) is 0 Å². The van der Waals surface area contributed by atoms with Crippen LogP contribution < -0.4 is 5.56 Å². The smallest absolute Gasteiger partial charge is 0.251 e. The van der Waals surface area contributed by atoms with E-state index in [1.54, 1.807) is 35.0 Å². The number of nitrogens with one attached hydrogen (secondary N) is 1. The zero-order valence-corrected chi connectivity index (χ0v) is 17.9. The maximum Gasteiger partial charge on any atom is 0.251 e. The molecule has 6 heterocycles.